The Hall–Kier alpha value is -1.71. The third-order valence-electron chi connectivity index (χ3n) is 1.83. The highest BCUT2D eigenvalue weighted by Crippen LogP contribution is 2.10. The van der Waals surface area contributed by atoms with Gasteiger partial charge in [0.25, 0.3) is 0 Å². The molecule has 15 heavy (non-hydrogen) atoms. The molecule has 0 heterocycles. The van der Waals surface area contributed by atoms with E-state index >= 15 is 0 Å². The number of ether oxygens (including phenoxy) is 1. The van der Waals surface area contributed by atoms with Crippen LogP contribution in [0.5, 0.6) is 5.75 Å². The zero-order valence-corrected chi connectivity index (χ0v) is 8.69. The van der Waals surface area contributed by atoms with Crippen LogP contribution in [0.25, 0.3) is 0 Å². The lowest BCUT2D eigenvalue weighted by Gasteiger charge is -2.05. The van der Waals surface area contributed by atoms with Crippen molar-refractivity contribution in [3.05, 3.63) is 29.8 Å². The smallest absolute Gasteiger partial charge is 0.407 e. The molecular formula is C11H15NO3. The van der Waals surface area contributed by atoms with E-state index in [0.29, 0.717) is 6.54 Å². The van der Waals surface area contributed by atoms with Crippen molar-refractivity contribution in [3.8, 4) is 5.75 Å². The average molecular weight is 209 g/mol. The fraction of sp³-hybridized carbons (Fsp3) is 0.364. The van der Waals surface area contributed by atoms with Crippen molar-refractivity contribution in [2.24, 2.45) is 0 Å². The van der Waals surface area contributed by atoms with Crippen LogP contribution in [0.15, 0.2) is 24.3 Å². The number of benzene rings is 1. The lowest BCUT2D eigenvalue weighted by Crippen LogP contribution is -2.24. The summed E-state index contributed by atoms with van der Waals surface area (Å²) in [5.74, 6) is 0.203. The molecule has 0 spiro atoms. The number of aromatic hydroxyl groups is 1. The van der Waals surface area contributed by atoms with Crippen LogP contribution in [0.3, 0.4) is 0 Å². The van der Waals surface area contributed by atoms with E-state index in [4.69, 9.17) is 9.84 Å². The van der Waals surface area contributed by atoms with Gasteiger partial charge in [-0.15, -0.1) is 0 Å². The van der Waals surface area contributed by atoms with E-state index in [1.165, 1.54) is 0 Å². The average Bonchev–Trinajstić information content (AvgIpc) is 2.25. The molecule has 4 nitrogen and oxygen atoms in total. The fourth-order valence-corrected chi connectivity index (χ4v) is 1.02. The number of carbonyl (C=O) groups excluding carboxylic acids is 1. The summed E-state index contributed by atoms with van der Waals surface area (Å²) in [5, 5.41) is 11.6. The molecule has 0 aliphatic rings. The minimum Gasteiger partial charge on any atom is -0.508 e. The van der Waals surface area contributed by atoms with Gasteiger partial charge in [-0.05, 0) is 24.1 Å². The molecule has 1 aromatic carbocycles. The molecule has 0 aliphatic carbocycles. The molecule has 1 amide bonds. The molecule has 0 unspecified atom stereocenters. The van der Waals surface area contributed by atoms with Gasteiger partial charge in [-0.25, -0.2) is 4.79 Å². The van der Waals surface area contributed by atoms with Crippen molar-refractivity contribution in [2.75, 3.05) is 6.54 Å². The topological polar surface area (TPSA) is 58.6 Å². The maximum atomic E-state index is 11.1. The van der Waals surface area contributed by atoms with Gasteiger partial charge in [0, 0.05) is 6.54 Å². The minimum atomic E-state index is -0.412. The van der Waals surface area contributed by atoms with Gasteiger partial charge in [0.05, 0.1) is 0 Å². The summed E-state index contributed by atoms with van der Waals surface area (Å²) in [4.78, 5) is 11.1. The summed E-state index contributed by atoms with van der Waals surface area (Å²) in [5.41, 5.74) is 0.847. The lowest BCUT2D eigenvalue weighted by atomic mass is 10.2. The molecule has 0 aliphatic heterocycles. The SMILES string of the molecule is CCCNC(=O)OCc1ccc(O)cc1. The number of nitrogens with one attached hydrogen (secondary N) is 1. The summed E-state index contributed by atoms with van der Waals surface area (Å²) < 4.78 is 4.94. The quantitative estimate of drug-likeness (QED) is 0.797. The Kier molecular flexibility index (Phi) is 4.47. The Morgan fingerprint density at radius 1 is 1.40 bits per heavy atom. The van der Waals surface area contributed by atoms with Crippen molar-refractivity contribution < 1.29 is 14.6 Å². The van der Waals surface area contributed by atoms with Crippen molar-refractivity contribution in [1.82, 2.24) is 5.32 Å². The molecule has 0 aromatic heterocycles. The summed E-state index contributed by atoms with van der Waals surface area (Å²) in [7, 11) is 0. The fourth-order valence-electron chi connectivity index (χ4n) is 1.02. The number of amides is 1. The van der Waals surface area contributed by atoms with E-state index in [1.54, 1.807) is 24.3 Å². The highest BCUT2D eigenvalue weighted by atomic mass is 16.5. The Bertz CT molecular complexity index is 308. The van der Waals surface area contributed by atoms with Crippen LogP contribution in [0, 0.1) is 0 Å². The van der Waals surface area contributed by atoms with Crippen molar-refractivity contribution >= 4 is 6.09 Å². The summed E-state index contributed by atoms with van der Waals surface area (Å²) >= 11 is 0. The largest absolute Gasteiger partial charge is 0.508 e. The third-order valence-corrected chi connectivity index (χ3v) is 1.83. The Morgan fingerprint density at radius 2 is 2.07 bits per heavy atom. The number of hydrogen-bond acceptors (Lipinski definition) is 3. The van der Waals surface area contributed by atoms with Crippen LogP contribution in [0.1, 0.15) is 18.9 Å². The molecule has 4 heteroatoms. The molecule has 1 rings (SSSR count). The summed E-state index contributed by atoms with van der Waals surface area (Å²) in [6.07, 6.45) is 0.471. The van der Waals surface area contributed by atoms with Gasteiger partial charge in [-0.3, -0.25) is 0 Å². The van der Waals surface area contributed by atoms with Crippen molar-refractivity contribution in [2.45, 2.75) is 20.0 Å². The monoisotopic (exact) mass is 209 g/mol. The van der Waals surface area contributed by atoms with Crippen LogP contribution < -0.4 is 5.32 Å². The molecular weight excluding hydrogens is 194 g/mol. The van der Waals surface area contributed by atoms with E-state index in [9.17, 15) is 4.79 Å². The Labute approximate surface area is 88.9 Å². The predicted molar refractivity (Wildman–Crippen MR) is 56.6 cm³/mol. The van der Waals surface area contributed by atoms with Gasteiger partial charge in [0.15, 0.2) is 0 Å². The van der Waals surface area contributed by atoms with Crippen LogP contribution in [-0.2, 0) is 11.3 Å². The molecule has 0 bridgehead atoms. The van der Waals surface area contributed by atoms with E-state index in [0.717, 1.165) is 12.0 Å². The Balaban J connectivity index is 2.30. The van der Waals surface area contributed by atoms with Gasteiger partial charge in [0.1, 0.15) is 12.4 Å². The number of phenols is 1. The normalized spacial score (nSPS) is 9.67. The van der Waals surface area contributed by atoms with Crippen molar-refractivity contribution in [3.63, 3.8) is 0 Å². The first-order valence-corrected chi connectivity index (χ1v) is 4.91. The second kappa shape index (κ2) is 5.90. The second-order valence-electron chi connectivity index (χ2n) is 3.17. The highest BCUT2D eigenvalue weighted by molar-refractivity contribution is 5.67. The zero-order valence-electron chi connectivity index (χ0n) is 8.69. The molecule has 82 valence electrons. The number of hydrogen-bond donors (Lipinski definition) is 2. The molecule has 0 saturated carbocycles. The number of alkyl carbamates (subject to hydrolysis) is 1. The first-order chi connectivity index (χ1) is 7.22. The van der Waals surface area contributed by atoms with E-state index in [2.05, 4.69) is 5.32 Å². The summed E-state index contributed by atoms with van der Waals surface area (Å²) in [6.45, 7) is 2.81. The lowest BCUT2D eigenvalue weighted by molar-refractivity contribution is 0.139. The van der Waals surface area contributed by atoms with Gasteiger partial charge >= 0.3 is 6.09 Å². The highest BCUT2D eigenvalue weighted by Gasteiger charge is 2.00. The van der Waals surface area contributed by atoms with Crippen LogP contribution in [0.2, 0.25) is 0 Å². The first kappa shape index (κ1) is 11.4. The molecule has 0 fully saturated rings. The van der Waals surface area contributed by atoms with E-state index < -0.39 is 6.09 Å². The first-order valence-electron chi connectivity index (χ1n) is 4.91. The minimum absolute atomic E-state index is 0.203. The van der Waals surface area contributed by atoms with E-state index in [1.807, 2.05) is 6.92 Å². The number of rotatable bonds is 4. The third kappa shape index (κ3) is 4.35. The molecule has 0 atom stereocenters. The molecule has 0 radical (unpaired) electrons. The maximum Gasteiger partial charge on any atom is 0.407 e. The maximum absolute atomic E-state index is 11.1. The van der Waals surface area contributed by atoms with Gasteiger partial charge in [-0.2, -0.15) is 0 Å². The summed E-state index contributed by atoms with van der Waals surface area (Å²) in [6, 6.07) is 6.54. The zero-order chi connectivity index (χ0) is 11.1. The van der Waals surface area contributed by atoms with Crippen LogP contribution in [-0.4, -0.2) is 17.7 Å². The van der Waals surface area contributed by atoms with Crippen LogP contribution in [0.4, 0.5) is 4.79 Å². The predicted octanol–water partition coefficient (Wildman–Crippen LogP) is 2.03. The molecule has 1 aromatic rings. The van der Waals surface area contributed by atoms with Gasteiger partial charge in [-0.1, -0.05) is 19.1 Å². The Morgan fingerprint density at radius 3 is 2.67 bits per heavy atom. The van der Waals surface area contributed by atoms with Crippen molar-refractivity contribution in [1.29, 1.82) is 0 Å². The van der Waals surface area contributed by atoms with Crippen LogP contribution >= 0.6 is 0 Å². The molecule has 0 saturated heterocycles. The second-order valence-corrected chi connectivity index (χ2v) is 3.17. The van der Waals surface area contributed by atoms with E-state index in [-0.39, 0.29) is 12.4 Å². The molecule has 2 N–H and O–H groups in total. The number of carbonyl (C=O) groups is 1. The van der Waals surface area contributed by atoms with Gasteiger partial charge < -0.3 is 15.2 Å². The number of phenolic OH excluding ortho intramolecular Hbond substituents is 1. The van der Waals surface area contributed by atoms with Gasteiger partial charge in [0.2, 0.25) is 0 Å². The standard InChI is InChI=1S/C11H15NO3/c1-2-7-12-11(14)15-8-9-3-5-10(13)6-4-9/h3-6,13H,2,7-8H2,1H3,(H,12,14).